The smallest absolute Gasteiger partial charge is 0.222 e. The van der Waals surface area contributed by atoms with Gasteiger partial charge in [-0.25, -0.2) is 0 Å². The van der Waals surface area contributed by atoms with E-state index in [1.54, 1.807) is 0 Å². The van der Waals surface area contributed by atoms with Crippen LogP contribution in [0.2, 0.25) is 0 Å². The van der Waals surface area contributed by atoms with Crippen molar-refractivity contribution in [2.75, 3.05) is 6.54 Å². The fourth-order valence-corrected chi connectivity index (χ4v) is 3.79. The number of likely N-dealkylation sites (tertiary alicyclic amines) is 1. The molecule has 2 fully saturated rings. The van der Waals surface area contributed by atoms with Crippen molar-refractivity contribution in [1.82, 2.24) is 4.90 Å². The van der Waals surface area contributed by atoms with Gasteiger partial charge in [-0.3, -0.25) is 9.59 Å². The van der Waals surface area contributed by atoms with Gasteiger partial charge in [0, 0.05) is 31.3 Å². The Morgan fingerprint density at radius 3 is 2.65 bits per heavy atom. The van der Waals surface area contributed by atoms with Crippen molar-refractivity contribution in [3.63, 3.8) is 0 Å². The Labute approximate surface area is 123 Å². The van der Waals surface area contributed by atoms with Crippen LogP contribution in [-0.2, 0) is 9.59 Å². The molecule has 0 aromatic heterocycles. The first-order valence-electron chi connectivity index (χ1n) is 8.56. The van der Waals surface area contributed by atoms with Crippen molar-refractivity contribution in [1.29, 1.82) is 0 Å². The van der Waals surface area contributed by atoms with Crippen LogP contribution in [0, 0.1) is 5.92 Å². The van der Waals surface area contributed by atoms with Gasteiger partial charge in [0.05, 0.1) is 0 Å². The maximum Gasteiger partial charge on any atom is 0.222 e. The number of Topliss-reactive ketones (excluding diaryl/α,β-unsaturated/α-hetero) is 1. The lowest BCUT2D eigenvalue weighted by Gasteiger charge is -2.28. The van der Waals surface area contributed by atoms with Crippen LogP contribution in [-0.4, -0.2) is 29.2 Å². The predicted octanol–water partition coefficient (Wildman–Crippen LogP) is 3.71. The van der Waals surface area contributed by atoms with E-state index in [2.05, 4.69) is 6.92 Å². The molecular formula is C17H29NO2. The lowest BCUT2D eigenvalue weighted by atomic mass is 9.95. The second kappa shape index (κ2) is 7.80. The zero-order valence-corrected chi connectivity index (χ0v) is 12.9. The van der Waals surface area contributed by atoms with Crippen molar-refractivity contribution < 1.29 is 9.59 Å². The maximum absolute atomic E-state index is 12.4. The van der Waals surface area contributed by atoms with Crippen molar-refractivity contribution in [2.45, 2.75) is 83.6 Å². The summed E-state index contributed by atoms with van der Waals surface area (Å²) in [4.78, 5) is 26.3. The summed E-state index contributed by atoms with van der Waals surface area (Å²) in [6, 6.07) is 0.230. The second-order valence-corrected chi connectivity index (χ2v) is 6.43. The minimum atomic E-state index is 0.154. The molecule has 1 saturated heterocycles. The predicted molar refractivity (Wildman–Crippen MR) is 80.5 cm³/mol. The number of unbranched alkanes of at least 4 members (excludes halogenated alkanes) is 4. The van der Waals surface area contributed by atoms with E-state index in [4.69, 9.17) is 0 Å². The van der Waals surface area contributed by atoms with Crippen LogP contribution in [0.5, 0.6) is 0 Å². The van der Waals surface area contributed by atoms with Crippen LogP contribution in [0.25, 0.3) is 0 Å². The third-order valence-electron chi connectivity index (χ3n) is 4.93. The summed E-state index contributed by atoms with van der Waals surface area (Å²) in [7, 11) is 0. The van der Waals surface area contributed by atoms with Crippen LogP contribution in [0.4, 0.5) is 0 Å². The molecule has 0 aromatic carbocycles. The molecule has 2 aliphatic rings. The third-order valence-corrected chi connectivity index (χ3v) is 4.93. The first-order chi connectivity index (χ1) is 9.74. The minimum absolute atomic E-state index is 0.154. The maximum atomic E-state index is 12.4. The molecule has 1 aliphatic carbocycles. The van der Waals surface area contributed by atoms with Gasteiger partial charge in [-0.15, -0.1) is 0 Å². The van der Waals surface area contributed by atoms with Gasteiger partial charge in [-0.05, 0) is 32.1 Å². The number of hydrogen-bond donors (Lipinski definition) is 0. The first kappa shape index (κ1) is 15.5. The Morgan fingerprint density at radius 2 is 1.95 bits per heavy atom. The van der Waals surface area contributed by atoms with Crippen LogP contribution < -0.4 is 0 Å². The summed E-state index contributed by atoms with van der Waals surface area (Å²) in [5.74, 6) is 0.850. The summed E-state index contributed by atoms with van der Waals surface area (Å²) in [6.07, 6.45) is 11.5. The fraction of sp³-hybridized carbons (Fsp3) is 0.882. The number of rotatable bonds is 7. The molecule has 0 spiro atoms. The molecule has 3 nitrogen and oxygen atoms in total. The molecule has 0 aromatic rings. The van der Waals surface area contributed by atoms with E-state index in [0.29, 0.717) is 18.1 Å². The highest BCUT2D eigenvalue weighted by Gasteiger charge is 2.39. The van der Waals surface area contributed by atoms with Gasteiger partial charge < -0.3 is 4.90 Å². The number of nitrogens with zero attached hydrogens (tertiary/aromatic N) is 1. The molecule has 2 rings (SSSR count). The number of carbonyl (C=O) groups is 2. The Balaban J connectivity index is 1.77. The van der Waals surface area contributed by atoms with Gasteiger partial charge in [0.1, 0.15) is 5.78 Å². The quantitative estimate of drug-likeness (QED) is 0.666. The lowest BCUT2D eigenvalue weighted by molar-refractivity contribution is -0.134. The Morgan fingerprint density at radius 1 is 1.15 bits per heavy atom. The zero-order chi connectivity index (χ0) is 14.4. The molecule has 1 aliphatic heterocycles. The summed E-state index contributed by atoms with van der Waals surface area (Å²) in [5, 5.41) is 0. The topological polar surface area (TPSA) is 37.4 Å². The van der Waals surface area contributed by atoms with Gasteiger partial charge >= 0.3 is 0 Å². The van der Waals surface area contributed by atoms with E-state index in [0.717, 1.165) is 45.1 Å². The van der Waals surface area contributed by atoms with Crippen LogP contribution in [0.1, 0.15) is 77.6 Å². The first-order valence-corrected chi connectivity index (χ1v) is 8.56. The van der Waals surface area contributed by atoms with E-state index >= 15 is 0 Å². The molecule has 1 saturated carbocycles. The van der Waals surface area contributed by atoms with Crippen LogP contribution in [0.15, 0.2) is 0 Å². The zero-order valence-electron chi connectivity index (χ0n) is 12.9. The molecule has 1 heterocycles. The summed E-state index contributed by atoms with van der Waals surface area (Å²) in [6.45, 7) is 3.08. The average molecular weight is 279 g/mol. The van der Waals surface area contributed by atoms with E-state index in [-0.39, 0.29) is 12.0 Å². The molecule has 1 amide bonds. The Hall–Kier alpha value is -0.860. The van der Waals surface area contributed by atoms with Gasteiger partial charge in [-0.1, -0.05) is 32.6 Å². The Bertz CT molecular complexity index is 340. The molecule has 2 unspecified atom stereocenters. The highest BCUT2D eigenvalue weighted by Crippen LogP contribution is 2.33. The highest BCUT2D eigenvalue weighted by molar-refractivity contribution is 5.85. The summed E-state index contributed by atoms with van der Waals surface area (Å²) < 4.78 is 0. The molecule has 114 valence electrons. The van der Waals surface area contributed by atoms with Crippen molar-refractivity contribution >= 4 is 11.7 Å². The van der Waals surface area contributed by atoms with E-state index < -0.39 is 0 Å². The molecule has 2 atom stereocenters. The van der Waals surface area contributed by atoms with Crippen molar-refractivity contribution in [2.24, 2.45) is 5.92 Å². The number of carbonyl (C=O) groups excluding carboxylic acids is 2. The second-order valence-electron chi connectivity index (χ2n) is 6.43. The molecule has 0 N–H and O–H groups in total. The van der Waals surface area contributed by atoms with Gasteiger partial charge in [-0.2, -0.15) is 0 Å². The van der Waals surface area contributed by atoms with E-state index in [1.807, 2.05) is 4.90 Å². The van der Waals surface area contributed by atoms with Gasteiger partial charge in [0.2, 0.25) is 5.91 Å². The van der Waals surface area contributed by atoms with Gasteiger partial charge in [0.15, 0.2) is 0 Å². The highest BCUT2D eigenvalue weighted by atomic mass is 16.2. The standard InChI is InChI=1S/C17H29NO2/c1-2-3-4-5-6-12-17(20)18-13-8-10-15(18)14-9-7-11-16(14)19/h14-15H,2-13H2,1H3. The molecule has 20 heavy (non-hydrogen) atoms. The third kappa shape index (κ3) is 3.83. The minimum Gasteiger partial charge on any atom is -0.339 e. The van der Waals surface area contributed by atoms with Gasteiger partial charge in [0.25, 0.3) is 0 Å². The summed E-state index contributed by atoms with van der Waals surface area (Å²) >= 11 is 0. The van der Waals surface area contributed by atoms with Crippen molar-refractivity contribution in [3.8, 4) is 0 Å². The fourth-order valence-electron chi connectivity index (χ4n) is 3.79. The normalized spacial score (nSPS) is 26.4. The Kier molecular flexibility index (Phi) is 6.06. The molecule has 0 radical (unpaired) electrons. The molecular weight excluding hydrogens is 250 g/mol. The SMILES string of the molecule is CCCCCCCC(=O)N1CCCC1C1CCCC1=O. The average Bonchev–Trinajstić information content (AvgIpc) is 3.06. The largest absolute Gasteiger partial charge is 0.339 e. The van der Waals surface area contributed by atoms with E-state index in [1.165, 1.54) is 25.7 Å². The lowest BCUT2D eigenvalue weighted by Crippen LogP contribution is -2.41. The number of ketones is 1. The van der Waals surface area contributed by atoms with Crippen molar-refractivity contribution in [3.05, 3.63) is 0 Å². The van der Waals surface area contributed by atoms with Crippen LogP contribution in [0.3, 0.4) is 0 Å². The monoisotopic (exact) mass is 279 g/mol. The molecule has 3 heteroatoms. The van der Waals surface area contributed by atoms with E-state index in [9.17, 15) is 9.59 Å². The number of hydrogen-bond acceptors (Lipinski definition) is 2. The van der Waals surface area contributed by atoms with Crippen LogP contribution >= 0.6 is 0 Å². The number of amides is 1. The molecule has 0 bridgehead atoms. The summed E-state index contributed by atoms with van der Waals surface area (Å²) in [5.41, 5.74) is 0.